The van der Waals surface area contributed by atoms with Crippen LogP contribution in [-0.2, 0) is 0 Å². The number of rotatable bonds is 1. The molecule has 1 fully saturated rings. The standard InChI is InChI=1S/C8H13N3O/c1-6-9-10-8(12-6)7-4-3-5-11(7)2/h7H,3-5H2,1-2H3/t7-/m0/s1. The Labute approximate surface area is 71.6 Å². The summed E-state index contributed by atoms with van der Waals surface area (Å²) in [5.74, 6) is 1.43. The van der Waals surface area contributed by atoms with E-state index in [1.165, 1.54) is 6.42 Å². The van der Waals surface area contributed by atoms with Crippen LogP contribution in [0.1, 0.15) is 30.7 Å². The summed E-state index contributed by atoms with van der Waals surface area (Å²) < 4.78 is 5.37. The Morgan fingerprint density at radius 3 is 2.83 bits per heavy atom. The van der Waals surface area contributed by atoms with Gasteiger partial charge in [-0.3, -0.25) is 4.90 Å². The molecule has 0 aliphatic carbocycles. The molecule has 1 atom stereocenters. The van der Waals surface area contributed by atoms with Gasteiger partial charge in [0.1, 0.15) is 0 Å². The number of nitrogens with zero attached hydrogens (tertiary/aromatic N) is 3. The zero-order valence-corrected chi connectivity index (χ0v) is 7.45. The predicted octanol–water partition coefficient (Wildman–Crippen LogP) is 1.14. The minimum absolute atomic E-state index is 0.353. The lowest BCUT2D eigenvalue weighted by Gasteiger charge is -2.14. The Balaban J connectivity index is 2.19. The highest BCUT2D eigenvalue weighted by molar-refractivity contribution is 4.92. The average Bonchev–Trinajstić information content (AvgIpc) is 2.58. The number of aryl methyl sites for hydroxylation is 1. The monoisotopic (exact) mass is 167 g/mol. The van der Waals surface area contributed by atoms with Crippen LogP contribution >= 0.6 is 0 Å². The van der Waals surface area contributed by atoms with Gasteiger partial charge in [0.05, 0.1) is 6.04 Å². The lowest BCUT2D eigenvalue weighted by Crippen LogP contribution is -2.17. The molecule has 0 unspecified atom stereocenters. The van der Waals surface area contributed by atoms with Gasteiger partial charge >= 0.3 is 0 Å². The first-order valence-corrected chi connectivity index (χ1v) is 4.27. The molecule has 1 aromatic rings. The Kier molecular flexibility index (Phi) is 1.84. The summed E-state index contributed by atoms with van der Waals surface area (Å²) in [6.45, 7) is 2.96. The summed E-state index contributed by atoms with van der Waals surface area (Å²) in [5, 5.41) is 7.84. The summed E-state index contributed by atoms with van der Waals surface area (Å²) in [4.78, 5) is 2.26. The van der Waals surface area contributed by atoms with Crippen molar-refractivity contribution in [1.29, 1.82) is 0 Å². The van der Waals surface area contributed by atoms with E-state index in [4.69, 9.17) is 4.42 Å². The smallest absolute Gasteiger partial charge is 0.233 e. The average molecular weight is 167 g/mol. The number of hydrogen-bond acceptors (Lipinski definition) is 4. The van der Waals surface area contributed by atoms with Crippen molar-refractivity contribution in [3.8, 4) is 0 Å². The third-order valence-electron chi connectivity index (χ3n) is 2.35. The van der Waals surface area contributed by atoms with Crippen LogP contribution in [0.4, 0.5) is 0 Å². The highest BCUT2D eigenvalue weighted by Crippen LogP contribution is 2.28. The lowest BCUT2D eigenvalue weighted by atomic mass is 10.2. The highest BCUT2D eigenvalue weighted by atomic mass is 16.4. The molecular weight excluding hydrogens is 154 g/mol. The van der Waals surface area contributed by atoms with E-state index < -0.39 is 0 Å². The first kappa shape index (κ1) is 7.73. The van der Waals surface area contributed by atoms with Crippen molar-refractivity contribution in [2.75, 3.05) is 13.6 Å². The van der Waals surface area contributed by atoms with E-state index in [1.54, 1.807) is 0 Å². The van der Waals surface area contributed by atoms with Crippen molar-refractivity contribution in [3.63, 3.8) is 0 Å². The van der Waals surface area contributed by atoms with Crippen LogP contribution in [0.5, 0.6) is 0 Å². The van der Waals surface area contributed by atoms with Gasteiger partial charge in [-0.1, -0.05) is 0 Å². The predicted molar refractivity (Wildman–Crippen MR) is 43.6 cm³/mol. The molecule has 0 spiro atoms. The fourth-order valence-electron chi connectivity index (χ4n) is 1.67. The van der Waals surface area contributed by atoms with E-state index in [2.05, 4.69) is 22.1 Å². The van der Waals surface area contributed by atoms with Crippen molar-refractivity contribution in [3.05, 3.63) is 11.8 Å². The fourth-order valence-corrected chi connectivity index (χ4v) is 1.67. The largest absolute Gasteiger partial charge is 0.424 e. The van der Waals surface area contributed by atoms with Gasteiger partial charge in [-0.15, -0.1) is 10.2 Å². The van der Waals surface area contributed by atoms with E-state index in [9.17, 15) is 0 Å². The van der Waals surface area contributed by atoms with Gasteiger partial charge in [0.2, 0.25) is 11.8 Å². The van der Waals surface area contributed by atoms with Crippen LogP contribution < -0.4 is 0 Å². The van der Waals surface area contributed by atoms with Crippen LogP contribution in [0.15, 0.2) is 4.42 Å². The molecule has 4 heteroatoms. The zero-order valence-electron chi connectivity index (χ0n) is 7.45. The van der Waals surface area contributed by atoms with E-state index in [0.29, 0.717) is 11.9 Å². The molecule has 0 radical (unpaired) electrons. The molecule has 1 aliphatic rings. The van der Waals surface area contributed by atoms with E-state index in [1.807, 2.05) is 6.92 Å². The topological polar surface area (TPSA) is 42.2 Å². The van der Waals surface area contributed by atoms with Crippen molar-refractivity contribution >= 4 is 0 Å². The summed E-state index contributed by atoms with van der Waals surface area (Å²) in [7, 11) is 2.09. The minimum atomic E-state index is 0.353. The normalized spacial score (nSPS) is 25.0. The molecule has 0 N–H and O–H groups in total. The molecule has 12 heavy (non-hydrogen) atoms. The molecular formula is C8H13N3O. The maximum absolute atomic E-state index is 5.37. The SMILES string of the molecule is Cc1nnc([C@@H]2CCCN2C)o1. The lowest BCUT2D eigenvalue weighted by molar-refractivity contribution is 0.265. The first-order chi connectivity index (χ1) is 5.77. The van der Waals surface area contributed by atoms with Crippen LogP contribution in [-0.4, -0.2) is 28.7 Å². The Morgan fingerprint density at radius 1 is 1.50 bits per heavy atom. The molecule has 1 aliphatic heterocycles. The van der Waals surface area contributed by atoms with Gasteiger partial charge in [0, 0.05) is 6.92 Å². The Bertz CT molecular complexity index is 271. The summed E-state index contributed by atoms with van der Waals surface area (Å²) in [6.07, 6.45) is 2.36. The quantitative estimate of drug-likeness (QED) is 0.629. The van der Waals surface area contributed by atoms with Crippen molar-refractivity contribution in [1.82, 2.24) is 15.1 Å². The van der Waals surface area contributed by atoms with Gasteiger partial charge in [0.25, 0.3) is 0 Å². The summed E-state index contributed by atoms with van der Waals surface area (Å²) in [6, 6.07) is 0.353. The van der Waals surface area contributed by atoms with Gasteiger partial charge in [0.15, 0.2) is 0 Å². The van der Waals surface area contributed by atoms with E-state index in [0.717, 1.165) is 18.9 Å². The van der Waals surface area contributed by atoms with Gasteiger partial charge in [-0.2, -0.15) is 0 Å². The van der Waals surface area contributed by atoms with Crippen molar-refractivity contribution in [2.45, 2.75) is 25.8 Å². The molecule has 0 bridgehead atoms. The number of likely N-dealkylation sites (tertiary alicyclic amines) is 1. The second-order valence-electron chi connectivity index (χ2n) is 3.30. The number of aromatic nitrogens is 2. The van der Waals surface area contributed by atoms with Crippen LogP contribution in [0.2, 0.25) is 0 Å². The maximum atomic E-state index is 5.37. The third-order valence-corrected chi connectivity index (χ3v) is 2.35. The molecule has 1 aromatic heterocycles. The van der Waals surface area contributed by atoms with E-state index in [-0.39, 0.29) is 0 Å². The molecule has 2 heterocycles. The van der Waals surface area contributed by atoms with Crippen LogP contribution in [0.3, 0.4) is 0 Å². The first-order valence-electron chi connectivity index (χ1n) is 4.27. The molecule has 1 saturated heterocycles. The van der Waals surface area contributed by atoms with Crippen LogP contribution in [0.25, 0.3) is 0 Å². The Hall–Kier alpha value is -0.900. The fraction of sp³-hybridized carbons (Fsp3) is 0.750. The van der Waals surface area contributed by atoms with Crippen LogP contribution in [0, 0.1) is 6.92 Å². The Morgan fingerprint density at radius 2 is 2.33 bits per heavy atom. The molecule has 4 nitrogen and oxygen atoms in total. The van der Waals surface area contributed by atoms with Crippen molar-refractivity contribution in [2.24, 2.45) is 0 Å². The maximum Gasteiger partial charge on any atom is 0.233 e. The molecule has 2 rings (SSSR count). The molecule has 66 valence electrons. The molecule has 0 aromatic carbocycles. The van der Waals surface area contributed by atoms with Gasteiger partial charge in [-0.05, 0) is 26.4 Å². The summed E-state index contributed by atoms with van der Waals surface area (Å²) >= 11 is 0. The van der Waals surface area contributed by atoms with Gasteiger partial charge in [-0.25, -0.2) is 0 Å². The highest BCUT2D eigenvalue weighted by Gasteiger charge is 2.26. The number of hydrogen-bond donors (Lipinski definition) is 0. The van der Waals surface area contributed by atoms with Gasteiger partial charge < -0.3 is 4.42 Å². The van der Waals surface area contributed by atoms with Crippen molar-refractivity contribution < 1.29 is 4.42 Å². The summed E-state index contributed by atoms with van der Waals surface area (Å²) in [5.41, 5.74) is 0. The second kappa shape index (κ2) is 2.86. The molecule has 0 saturated carbocycles. The van der Waals surface area contributed by atoms with E-state index >= 15 is 0 Å². The zero-order chi connectivity index (χ0) is 8.55. The minimum Gasteiger partial charge on any atom is -0.424 e. The molecule has 0 amide bonds. The third kappa shape index (κ3) is 1.22. The second-order valence-corrected chi connectivity index (χ2v) is 3.30.